The summed E-state index contributed by atoms with van der Waals surface area (Å²) in [6.07, 6.45) is 1.73. The highest BCUT2D eigenvalue weighted by molar-refractivity contribution is 5.93. The van der Waals surface area contributed by atoms with E-state index in [4.69, 9.17) is 5.26 Å². The Morgan fingerprint density at radius 2 is 2.31 bits per heavy atom. The number of amides is 1. The van der Waals surface area contributed by atoms with Crippen LogP contribution in [-0.4, -0.2) is 22.8 Å². The lowest BCUT2D eigenvalue weighted by Gasteiger charge is -2.05. The van der Waals surface area contributed by atoms with Gasteiger partial charge in [0.2, 0.25) is 0 Å². The largest absolute Gasteiger partial charge is 0.285 e. The molecule has 13 heavy (non-hydrogen) atoms. The van der Waals surface area contributed by atoms with Gasteiger partial charge in [0.25, 0.3) is 5.91 Å². The van der Waals surface area contributed by atoms with E-state index in [1.807, 2.05) is 0 Å². The SMILES string of the molecule is Cc1cccc(C(=O)N(C)C#N)n1. The Morgan fingerprint density at radius 1 is 1.62 bits per heavy atom. The predicted octanol–water partition coefficient (Wildman–Crippen LogP) is 0.943. The molecule has 0 unspecified atom stereocenters. The molecule has 4 heteroatoms. The summed E-state index contributed by atoms with van der Waals surface area (Å²) in [5.74, 6) is -0.383. The summed E-state index contributed by atoms with van der Waals surface area (Å²) in [5.41, 5.74) is 1.06. The molecule has 1 rings (SSSR count). The molecule has 1 aromatic heterocycles. The number of aromatic nitrogens is 1. The standard InChI is InChI=1S/C9H9N3O/c1-7-4-3-5-8(11-7)9(13)12(2)6-10/h3-5H,1-2H3. The average Bonchev–Trinajstić information content (AvgIpc) is 2.15. The topological polar surface area (TPSA) is 57.0 Å². The van der Waals surface area contributed by atoms with Gasteiger partial charge < -0.3 is 0 Å². The average molecular weight is 175 g/mol. The van der Waals surface area contributed by atoms with Crippen molar-refractivity contribution in [3.8, 4) is 6.19 Å². The minimum Gasteiger partial charge on any atom is -0.266 e. The Kier molecular flexibility index (Phi) is 2.60. The molecule has 0 aliphatic rings. The predicted molar refractivity (Wildman–Crippen MR) is 46.7 cm³/mol. The van der Waals surface area contributed by atoms with Crippen molar-refractivity contribution in [1.29, 1.82) is 5.26 Å². The van der Waals surface area contributed by atoms with E-state index < -0.39 is 0 Å². The van der Waals surface area contributed by atoms with Crippen molar-refractivity contribution in [2.75, 3.05) is 7.05 Å². The lowest BCUT2D eigenvalue weighted by molar-refractivity contribution is 0.0852. The van der Waals surface area contributed by atoms with Crippen LogP contribution in [0.25, 0.3) is 0 Å². The van der Waals surface area contributed by atoms with Gasteiger partial charge in [0.05, 0.1) is 0 Å². The Hall–Kier alpha value is -1.89. The molecule has 0 saturated heterocycles. The third-order valence-corrected chi connectivity index (χ3v) is 1.56. The van der Waals surface area contributed by atoms with E-state index in [0.717, 1.165) is 10.6 Å². The summed E-state index contributed by atoms with van der Waals surface area (Å²) in [7, 11) is 1.41. The monoisotopic (exact) mass is 175 g/mol. The zero-order valence-corrected chi connectivity index (χ0v) is 7.48. The van der Waals surface area contributed by atoms with Crippen molar-refractivity contribution >= 4 is 5.91 Å². The summed E-state index contributed by atoms with van der Waals surface area (Å²) in [6, 6.07) is 5.12. The number of pyridine rings is 1. The molecule has 0 N–H and O–H groups in total. The summed E-state index contributed by atoms with van der Waals surface area (Å²) in [5, 5.41) is 8.46. The van der Waals surface area contributed by atoms with Crippen LogP contribution in [-0.2, 0) is 0 Å². The number of carbonyl (C=O) groups excluding carboxylic acids is 1. The Morgan fingerprint density at radius 3 is 2.85 bits per heavy atom. The number of rotatable bonds is 1. The fourth-order valence-electron chi connectivity index (χ4n) is 0.879. The number of carbonyl (C=O) groups is 1. The van der Waals surface area contributed by atoms with E-state index in [1.165, 1.54) is 7.05 Å². The molecule has 4 nitrogen and oxygen atoms in total. The second kappa shape index (κ2) is 3.68. The fourth-order valence-corrected chi connectivity index (χ4v) is 0.879. The lowest BCUT2D eigenvalue weighted by Crippen LogP contribution is -2.22. The van der Waals surface area contributed by atoms with Crippen molar-refractivity contribution in [2.45, 2.75) is 6.92 Å². The number of hydrogen-bond donors (Lipinski definition) is 0. The minimum atomic E-state index is -0.383. The van der Waals surface area contributed by atoms with E-state index in [-0.39, 0.29) is 5.91 Å². The molecule has 66 valence electrons. The summed E-state index contributed by atoms with van der Waals surface area (Å²) >= 11 is 0. The smallest absolute Gasteiger partial charge is 0.266 e. The quantitative estimate of drug-likeness (QED) is 0.471. The van der Waals surface area contributed by atoms with Gasteiger partial charge in [-0.1, -0.05) is 6.07 Å². The van der Waals surface area contributed by atoms with Crippen LogP contribution in [0.5, 0.6) is 0 Å². The van der Waals surface area contributed by atoms with Crippen molar-refractivity contribution < 1.29 is 4.79 Å². The first-order chi connectivity index (χ1) is 6.15. The van der Waals surface area contributed by atoms with Gasteiger partial charge in [-0.25, -0.2) is 9.88 Å². The van der Waals surface area contributed by atoms with Gasteiger partial charge in [-0.3, -0.25) is 4.79 Å². The lowest BCUT2D eigenvalue weighted by atomic mass is 10.3. The van der Waals surface area contributed by atoms with Crippen molar-refractivity contribution in [3.63, 3.8) is 0 Å². The number of hydrogen-bond acceptors (Lipinski definition) is 3. The molecule has 0 aromatic carbocycles. The van der Waals surface area contributed by atoms with Crippen molar-refractivity contribution in [1.82, 2.24) is 9.88 Å². The zero-order valence-electron chi connectivity index (χ0n) is 7.48. The number of nitriles is 1. The minimum absolute atomic E-state index is 0.295. The fraction of sp³-hybridized carbons (Fsp3) is 0.222. The van der Waals surface area contributed by atoms with E-state index in [2.05, 4.69) is 4.98 Å². The molecule has 0 bridgehead atoms. The van der Waals surface area contributed by atoms with Crippen LogP contribution < -0.4 is 0 Å². The summed E-state index contributed by atoms with van der Waals surface area (Å²) < 4.78 is 0. The first-order valence-corrected chi connectivity index (χ1v) is 3.76. The maximum absolute atomic E-state index is 11.4. The van der Waals surface area contributed by atoms with Crippen LogP contribution in [0.1, 0.15) is 16.2 Å². The van der Waals surface area contributed by atoms with Crippen LogP contribution in [0.15, 0.2) is 18.2 Å². The Balaban J connectivity index is 2.97. The molecule has 0 fully saturated rings. The van der Waals surface area contributed by atoms with Gasteiger partial charge in [-0.15, -0.1) is 0 Å². The van der Waals surface area contributed by atoms with Crippen LogP contribution >= 0.6 is 0 Å². The first kappa shape index (κ1) is 9.20. The molecular weight excluding hydrogens is 166 g/mol. The second-order valence-electron chi connectivity index (χ2n) is 2.63. The molecule has 0 spiro atoms. The van der Waals surface area contributed by atoms with Crippen LogP contribution in [0.2, 0.25) is 0 Å². The highest BCUT2D eigenvalue weighted by atomic mass is 16.2. The van der Waals surface area contributed by atoms with Gasteiger partial charge in [0, 0.05) is 12.7 Å². The van der Waals surface area contributed by atoms with Gasteiger partial charge in [0.1, 0.15) is 5.69 Å². The highest BCUT2D eigenvalue weighted by Crippen LogP contribution is 2.00. The van der Waals surface area contributed by atoms with Gasteiger partial charge >= 0.3 is 0 Å². The van der Waals surface area contributed by atoms with E-state index in [1.54, 1.807) is 31.3 Å². The Bertz CT molecular complexity index is 367. The van der Waals surface area contributed by atoms with Gasteiger partial charge in [0.15, 0.2) is 6.19 Å². The molecular formula is C9H9N3O. The second-order valence-corrected chi connectivity index (χ2v) is 2.63. The summed E-state index contributed by atoms with van der Waals surface area (Å²) in [6.45, 7) is 1.79. The van der Waals surface area contributed by atoms with Crippen molar-refractivity contribution in [2.24, 2.45) is 0 Å². The molecule has 0 atom stereocenters. The van der Waals surface area contributed by atoms with E-state index >= 15 is 0 Å². The molecule has 0 aliphatic heterocycles. The third-order valence-electron chi connectivity index (χ3n) is 1.56. The zero-order chi connectivity index (χ0) is 9.84. The maximum Gasteiger partial charge on any atom is 0.285 e. The van der Waals surface area contributed by atoms with E-state index in [0.29, 0.717) is 5.69 Å². The van der Waals surface area contributed by atoms with Crippen LogP contribution in [0, 0.1) is 18.4 Å². The molecule has 1 amide bonds. The number of nitrogens with zero attached hydrogens (tertiary/aromatic N) is 3. The van der Waals surface area contributed by atoms with Gasteiger partial charge in [-0.2, -0.15) is 5.26 Å². The van der Waals surface area contributed by atoms with Crippen LogP contribution in [0.4, 0.5) is 0 Å². The summed E-state index contributed by atoms with van der Waals surface area (Å²) in [4.78, 5) is 16.3. The highest BCUT2D eigenvalue weighted by Gasteiger charge is 2.11. The normalized spacial score (nSPS) is 9.00. The maximum atomic E-state index is 11.4. The first-order valence-electron chi connectivity index (χ1n) is 3.76. The molecule has 0 saturated carbocycles. The van der Waals surface area contributed by atoms with E-state index in [9.17, 15) is 4.79 Å². The third kappa shape index (κ3) is 2.03. The number of aryl methyl sites for hydroxylation is 1. The molecule has 0 aliphatic carbocycles. The molecule has 1 heterocycles. The Labute approximate surface area is 76.4 Å². The molecule has 0 radical (unpaired) electrons. The molecule has 1 aromatic rings. The van der Waals surface area contributed by atoms with Crippen molar-refractivity contribution in [3.05, 3.63) is 29.6 Å². The van der Waals surface area contributed by atoms with Crippen LogP contribution in [0.3, 0.4) is 0 Å². The van der Waals surface area contributed by atoms with Gasteiger partial charge in [-0.05, 0) is 19.1 Å².